The molecule has 0 aliphatic rings. The van der Waals surface area contributed by atoms with Crippen molar-refractivity contribution >= 4 is 35.1 Å². The van der Waals surface area contributed by atoms with Gasteiger partial charge in [0.1, 0.15) is 0 Å². The number of rotatable bonds is 6. The predicted molar refractivity (Wildman–Crippen MR) is 99.4 cm³/mol. The highest BCUT2D eigenvalue weighted by Crippen LogP contribution is 2.19. The molecule has 0 unspecified atom stereocenters. The first-order valence-electron chi connectivity index (χ1n) is 8.07. The zero-order valence-corrected chi connectivity index (χ0v) is 15.2. The summed E-state index contributed by atoms with van der Waals surface area (Å²) in [6.07, 6.45) is -0.942. The Morgan fingerprint density at radius 2 is 1.73 bits per heavy atom. The third-order valence-corrected chi connectivity index (χ3v) is 3.76. The van der Waals surface area contributed by atoms with Crippen LogP contribution in [0.25, 0.3) is 0 Å². The first-order valence-corrected chi connectivity index (χ1v) is 8.44. The molecule has 0 saturated heterocycles. The Hall–Kier alpha value is -2.86. The maximum atomic E-state index is 12.4. The molecule has 7 heteroatoms. The van der Waals surface area contributed by atoms with Gasteiger partial charge in [0.15, 0.2) is 6.10 Å². The van der Waals surface area contributed by atoms with E-state index in [2.05, 4.69) is 10.6 Å². The van der Waals surface area contributed by atoms with Crippen molar-refractivity contribution in [2.24, 2.45) is 0 Å². The summed E-state index contributed by atoms with van der Waals surface area (Å²) in [6.45, 7) is 3.69. The van der Waals surface area contributed by atoms with Crippen LogP contribution in [0, 0.1) is 0 Å². The van der Waals surface area contributed by atoms with Crippen molar-refractivity contribution in [3.63, 3.8) is 0 Å². The van der Waals surface area contributed by atoms with E-state index >= 15 is 0 Å². The van der Waals surface area contributed by atoms with Gasteiger partial charge in [0.05, 0.1) is 11.3 Å². The summed E-state index contributed by atoms with van der Waals surface area (Å²) in [5.74, 6) is -1.47. The molecule has 0 radical (unpaired) electrons. The van der Waals surface area contributed by atoms with Crippen molar-refractivity contribution in [3.05, 3.63) is 64.7 Å². The van der Waals surface area contributed by atoms with Gasteiger partial charge in [-0.05, 0) is 50.2 Å². The zero-order chi connectivity index (χ0) is 19.1. The fourth-order valence-corrected chi connectivity index (χ4v) is 2.29. The summed E-state index contributed by atoms with van der Waals surface area (Å²) < 4.78 is 5.17. The van der Waals surface area contributed by atoms with Gasteiger partial charge in [-0.3, -0.25) is 9.59 Å². The molecule has 2 N–H and O–H groups in total. The highest BCUT2D eigenvalue weighted by Gasteiger charge is 2.21. The lowest BCUT2D eigenvalue weighted by atomic mass is 10.1. The van der Waals surface area contributed by atoms with Gasteiger partial charge < -0.3 is 15.4 Å². The molecule has 2 aromatic carbocycles. The third-order valence-electron chi connectivity index (χ3n) is 3.51. The molecule has 0 aliphatic heterocycles. The van der Waals surface area contributed by atoms with Crippen LogP contribution in [0.1, 0.15) is 34.6 Å². The Balaban J connectivity index is 2.14. The molecule has 1 atom stereocenters. The number of carbonyl (C=O) groups excluding carboxylic acids is 3. The van der Waals surface area contributed by atoms with Crippen molar-refractivity contribution in [2.75, 3.05) is 11.9 Å². The monoisotopic (exact) mass is 374 g/mol. The zero-order valence-electron chi connectivity index (χ0n) is 14.4. The Kier molecular flexibility index (Phi) is 6.74. The van der Waals surface area contributed by atoms with Gasteiger partial charge in [-0.1, -0.05) is 23.7 Å². The van der Waals surface area contributed by atoms with Crippen LogP contribution in [0.4, 0.5) is 5.69 Å². The Labute approximate surface area is 156 Å². The average Bonchev–Trinajstić information content (AvgIpc) is 2.62. The van der Waals surface area contributed by atoms with E-state index in [9.17, 15) is 14.4 Å². The fraction of sp³-hybridized carbons (Fsp3) is 0.211. The molecule has 0 heterocycles. The summed E-state index contributed by atoms with van der Waals surface area (Å²) in [4.78, 5) is 36.4. The number of nitrogens with one attached hydrogen (secondary N) is 2. The Bertz CT molecular complexity index is 805. The van der Waals surface area contributed by atoms with Gasteiger partial charge in [-0.15, -0.1) is 0 Å². The second kappa shape index (κ2) is 9.01. The number of amides is 2. The summed E-state index contributed by atoms with van der Waals surface area (Å²) in [7, 11) is 0. The molecule has 0 aliphatic carbocycles. The number of para-hydroxylation sites is 1. The maximum absolute atomic E-state index is 12.4. The lowest BCUT2D eigenvalue weighted by molar-refractivity contribution is -0.128. The van der Waals surface area contributed by atoms with Crippen molar-refractivity contribution in [1.82, 2.24) is 5.32 Å². The van der Waals surface area contributed by atoms with Gasteiger partial charge in [0.2, 0.25) is 0 Å². The SMILES string of the molecule is CCNC(=O)[C@H](C)OC(=O)c1ccccc1NC(=O)c1ccc(Cl)cc1. The van der Waals surface area contributed by atoms with E-state index in [0.717, 1.165) is 0 Å². The highest BCUT2D eigenvalue weighted by molar-refractivity contribution is 6.30. The van der Waals surface area contributed by atoms with Crippen molar-refractivity contribution in [3.8, 4) is 0 Å². The Morgan fingerprint density at radius 1 is 1.08 bits per heavy atom. The van der Waals surface area contributed by atoms with E-state index in [0.29, 0.717) is 22.8 Å². The second-order valence-corrected chi connectivity index (χ2v) is 5.89. The fourth-order valence-electron chi connectivity index (χ4n) is 2.16. The lowest BCUT2D eigenvalue weighted by Gasteiger charge is -2.15. The number of halogens is 1. The predicted octanol–water partition coefficient (Wildman–Crippen LogP) is 3.27. The first kappa shape index (κ1) is 19.5. The minimum absolute atomic E-state index is 0.158. The van der Waals surface area contributed by atoms with Gasteiger partial charge in [-0.2, -0.15) is 0 Å². The molecular formula is C19H19ClN2O4. The summed E-state index contributed by atoms with van der Waals surface area (Å²) in [5.41, 5.74) is 0.847. The van der Waals surface area contributed by atoms with Gasteiger partial charge in [0.25, 0.3) is 11.8 Å². The van der Waals surface area contributed by atoms with E-state index < -0.39 is 18.0 Å². The van der Waals surface area contributed by atoms with Gasteiger partial charge >= 0.3 is 5.97 Å². The topological polar surface area (TPSA) is 84.5 Å². The standard InChI is InChI=1S/C19H19ClN2O4/c1-3-21-17(23)12(2)26-19(25)15-6-4-5-7-16(15)22-18(24)13-8-10-14(20)11-9-13/h4-12H,3H2,1-2H3,(H,21,23)(H,22,24)/t12-/m0/s1. The number of hydrogen-bond acceptors (Lipinski definition) is 4. The summed E-state index contributed by atoms with van der Waals surface area (Å²) >= 11 is 5.81. The van der Waals surface area contributed by atoms with Crippen LogP contribution in [0.15, 0.2) is 48.5 Å². The van der Waals surface area contributed by atoms with Gasteiger partial charge in [0, 0.05) is 17.1 Å². The molecule has 0 aromatic heterocycles. The minimum Gasteiger partial charge on any atom is -0.449 e. The molecule has 2 aromatic rings. The number of esters is 1. The number of carbonyl (C=O) groups is 3. The maximum Gasteiger partial charge on any atom is 0.341 e. The van der Waals surface area contributed by atoms with E-state index in [1.165, 1.54) is 13.0 Å². The van der Waals surface area contributed by atoms with E-state index in [-0.39, 0.29) is 11.5 Å². The normalized spacial score (nSPS) is 11.3. The van der Waals surface area contributed by atoms with Crippen LogP contribution >= 0.6 is 11.6 Å². The quantitative estimate of drug-likeness (QED) is 0.760. The highest BCUT2D eigenvalue weighted by atomic mass is 35.5. The summed E-state index contributed by atoms with van der Waals surface area (Å²) in [6, 6.07) is 12.8. The molecule has 0 spiro atoms. The molecule has 0 bridgehead atoms. The Morgan fingerprint density at radius 3 is 2.38 bits per heavy atom. The molecule has 26 heavy (non-hydrogen) atoms. The molecule has 6 nitrogen and oxygen atoms in total. The molecule has 0 fully saturated rings. The first-order chi connectivity index (χ1) is 12.4. The number of benzene rings is 2. The number of ether oxygens (including phenoxy) is 1. The van der Waals surface area contributed by atoms with Crippen molar-refractivity contribution < 1.29 is 19.1 Å². The molecule has 0 saturated carbocycles. The van der Waals surface area contributed by atoms with E-state index in [1.54, 1.807) is 49.4 Å². The molecular weight excluding hydrogens is 356 g/mol. The lowest BCUT2D eigenvalue weighted by Crippen LogP contribution is -2.35. The number of hydrogen-bond donors (Lipinski definition) is 2. The summed E-state index contributed by atoms with van der Waals surface area (Å²) in [5, 5.41) is 5.77. The van der Waals surface area contributed by atoms with Crippen LogP contribution < -0.4 is 10.6 Å². The molecule has 136 valence electrons. The largest absolute Gasteiger partial charge is 0.449 e. The number of anilines is 1. The minimum atomic E-state index is -0.942. The molecule has 2 rings (SSSR count). The number of likely N-dealkylation sites (N-methyl/N-ethyl adjacent to an activating group) is 1. The third kappa shape index (κ3) is 5.07. The van der Waals surface area contributed by atoms with E-state index in [1.807, 2.05) is 0 Å². The van der Waals surface area contributed by atoms with Crippen molar-refractivity contribution in [2.45, 2.75) is 20.0 Å². The van der Waals surface area contributed by atoms with Crippen LogP contribution in [-0.4, -0.2) is 30.4 Å². The average molecular weight is 375 g/mol. The van der Waals surface area contributed by atoms with Crippen LogP contribution in [0.2, 0.25) is 5.02 Å². The van der Waals surface area contributed by atoms with Crippen LogP contribution in [-0.2, 0) is 9.53 Å². The van der Waals surface area contributed by atoms with Crippen LogP contribution in [0.5, 0.6) is 0 Å². The smallest absolute Gasteiger partial charge is 0.341 e. The van der Waals surface area contributed by atoms with Crippen molar-refractivity contribution in [1.29, 1.82) is 0 Å². The van der Waals surface area contributed by atoms with E-state index in [4.69, 9.17) is 16.3 Å². The van der Waals surface area contributed by atoms with Crippen LogP contribution in [0.3, 0.4) is 0 Å². The second-order valence-electron chi connectivity index (χ2n) is 5.45. The van der Waals surface area contributed by atoms with Gasteiger partial charge in [-0.25, -0.2) is 4.79 Å². The molecule has 2 amide bonds.